The summed E-state index contributed by atoms with van der Waals surface area (Å²) in [6.45, 7) is 10.0. The molecular weight excluding hydrogens is 471 g/mol. The molecule has 3 aromatic rings. The fourth-order valence-corrected chi connectivity index (χ4v) is 4.38. The van der Waals surface area contributed by atoms with Crippen LogP contribution in [0.25, 0.3) is 0 Å². The molecule has 6 nitrogen and oxygen atoms in total. The molecule has 0 aliphatic carbocycles. The molecule has 1 aliphatic heterocycles. The smallest absolute Gasteiger partial charge is 0.227 e. The van der Waals surface area contributed by atoms with Crippen molar-refractivity contribution in [2.75, 3.05) is 26.2 Å². The second-order valence-electron chi connectivity index (χ2n) is 10.6. The Bertz CT molecular complexity index is 1250. The number of halogens is 1. The third-order valence-electron chi connectivity index (χ3n) is 6.66. The lowest BCUT2D eigenvalue weighted by atomic mass is 9.87. The molecule has 0 unspecified atom stereocenters. The molecule has 1 aliphatic rings. The van der Waals surface area contributed by atoms with Crippen LogP contribution in [0, 0.1) is 5.82 Å². The van der Waals surface area contributed by atoms with Crippen molar-refractivity contribution in [2.45, 2.75) is 52.2 Å². The third-order valence-corrected chi connectivity index (χ3v) is 6.66. The van der Waals surface area contributed by atoms with Crippen molar-refractivity contribution in [3.63, 3.8) is 0 Å². The van der Waals surface area contributed by atoms with Crippen LogP contribution in [-0.2, 0) is 29.8 Å². The molecule has 1 saturated heterocycles. The van der Waals surface area contributed by atoms with Crippen molar-refractivity contribution < 1.29 is 18.3 Å². The maximum absolute atomic E-state index is 13.1. The highest BCUT2D eigenvalue weighted by molar-refractivity contribution is 5.78. The van der Waals surface area contributed by atoms with E-state index in [1.807, 2.05) is 17.0 Å². The molecule has 0 spiro atoms. The number of hydrogen-bond acceptors (Lipinski definition) is 5. The largest absolute Gasteiger partial charge is 0.482 e. The van der Waals surface area contributed by atoms with Gasteiger partial charge in [0.2, 0.25) is 17.1 Å². The zero-order valence-corrected chi connectivity index (χ0v) is 21.8. The molecule has 0 radical (unpaired) electrons. The summed E-state index contributed by atoms with van der Waals surface area (Å²) in [5.41, 5.74) is 2.91. The average Bonchev–Trinajstić information content (AvgIpc) is 3.10. The number of nitrogens with zero attached hydrogens (tertiary/aromatic N) is 2. The van der Waals surface area contributed by atoms with Gasteiger partial charge >= 0.3 is 0 Å². The van der Waals surface area contributed by atoms with Gasteiger partial charge in [-0.25, -0.2) is 4.39 Å². The first-order valence-corrected chi connectivity index (χ1v) is 12.8. The van der Waals surface area contributed by atoms with Crippen LogP contribution >= 0.6 is 0 Å². The number of ether oxygens (including phenoxy) is 1. The first kappa shape index (κ1) is 26.6. The van der Waals surface area contributed by atoms with E-state index in [1.165, 1.54) is 30.0 Å². The Morgan fingerprint density at radius 2 is 1.68 bits per heavy atom. The highest BCUT2D eigenvalue weighted by Gasteiger charge is 2.20. The van der Waals surface area contributed by atoms with Crippen LogP contribution in [0.2, 0.25) is 0 Å². The predicted octanol–water partition coefficient (Wildman–Crippen LogP) is 4.93. The maximum atomic E-state index is 13.1. The number of hydrogen-bond donors (Lipinski definition) is 0. The third kappa shape index (κ3) is 7.52. The summed E-state index contributed by atoms with van der Waals surface area (Å²) >= 11 is 0. The first-order chi connectivity index (χ1) is 17.7. The predicted molar refractivity (Wildman–Crippen MR) is 141 cm³/mol. The molecule has 7 heteroatoms. The van der Waals surface area contributed by atoms with Crippen molar-refractivity contribution in [3.8, 4) is 5.75 Å². The van der Waals surface area contributed by atoms with Gasteiger partial charge in [0.25, 0.3) is 0 Å². The van der Waals surface area contributed by atoms with Gasteiger partial charge in [0.05, 0.1) is 13.0 Å². The Hall–Kier alpha value is -3.45. The summed E-state index contributed by atoms with van der Waals surface area (Å²) in [7, 11) is 0. The molecule has 37 heavy (non-hydrogen) atoms. The van der Waals surface area contributed by atoms with Crippen LogP contribution in [0.4, 0.5) is 4.39 Å². The van der Waals surface area contributed by atoms with E-state index < -0.39 is 0 Å². The SMILES string of the molecule is CC(C)(C)c1ccc(COc2coc(CN3CCCN(C(=O)Cc4ccc(F)cc4)CC3)cc2=O)cc1. The normalized spacial score (nSPS) is 14.9. The summed E-state index contributed by atoms with van der Waals surface area (Å²) in [6.07, 6.45) is 2.48. The van der Waals surface area contributed by atoms with Gasteiger partial charge in [0.15, 0.2) is 0 Å². The van der Waals surface area contributed by atoms with Crippen molar-refractivity contribution >= 4 is 5.91 Å². The molecule has 2 heterocycles. The van der Waals surface area contributed by atoms with Crippen LogP contribution < -0.4 is 10.2 Å². The molecule has 1 fully saturated rings. The van der Waals surface area contributed by atoms with Crippen molar-refractivity contribution in [1.29, 1.82) is 0 Å². The Kier molecular flexibility index (Phi) is 8.44. The minimum atomic E-state index is -0.307. The Morgan fingerprint density at radius 3 is 2.35 bits per heavy atom. The van der Waals surface area contributed by atoms with Gasteiger partial charge < -0.3 is 14.1 Å². The van der Waals surface area contributed by atoms with Crippen LogP contribution in [0.3, 0.4) is 0 Å². The molecule has 0 N–H and O–H groups in total. The van der Waals surface area contributed by atoms with E-state index >= 15 is 0 Å². The van der Waals surface area contributed by atoms with Gasteiger partial charge in [-0.15, -0.1) is 0 Å². The van der Waals surface area contributed by atoms with Crippen LogP contribution in [0.1, 0.15) is 49.6 Å². The van der Waals surface area contributed by atoms with Gasteiger partial charge in [0, 0.05) is 32.2 Å². The molecule has 0 bridgehead atoms. The van der Waals surface area contributed by atoms with Crippen LogP contribution in [0.5, 0.6) is 5.75 Å². The zero-order valence-electron chi connectivity index (χ0n) is 21.8. The van der Waals surface area contributed by atoms with Crippen molar-refractivity contribution in [3.05, 3.63) is 99.4 Å². The summed E-state index contributed by atoms with van der Waals surface area (Å²) < 4.78 is 24.6. The van der Waals surface area contributed by atoms with Crippen molar-refractivity contribution in [2.24, 2.45) is 0 Å². The molecule has 0 atom stereocenters. The molecule has 2 aromatic carbocycles. The van der Waals surface area contributed by atoms with E-state index in [1.54, 1.807) is 12.1 Å². The lowest BCUT2D eigenvalue weighted by molar-refractivity contribution is -0.130. The Morgan fingerprint density at radius 1 is 0.973 bits per heavy atom. The fraction of sp³-hybridized carbons (Fsp3) is 0.400. The van der Waals surface area contributed by atoms with Gasteiger partial charge in [-0.3, -0.25) is 14.5 Å². The van der Waals surface area contributed by atoms with E-state index in [-0.39, 0.29) is 34.7 Å². The van der Waals surface area contributed by atoms with Gasteiger partial charge in [-0.2, -0.15) is 0 Å². The fourth-order valence-electron chi connectivity index (χ4n) is 4.38. The monoisotopic (exact) mass is 506 g/mol. The minimum absolute atomic E-state index is 0.0366. The second-order valence-corrected chi connectivity index (χ2v) is 10.6. The van der Waals surface area contributed by atoms with Crippen LogP contribution in [-0.4, -0.2) is 41.9 Å². The van der Waals surface area contributed by atoms with Crippen LogP contribution in [0.15, 0.2) is 70.1 Å². The number of amides is 1. The van der Waals surface area contributed by atoms with Gasteiger partial charge in [-0.05, 0) is 40.7 Å². The topological polar surface area (TPSA) is 63.0 Å². The second kappa shape index (κ2) is 11.7. The summed E-state index contributed by atoms with van der Waals surface area (Å²) in [6, 6.07) is 15.7. The summed E-state index contributed by atoms with van der Waals surface area (Å²) in [4.78, 5) is 29.4. The molecule has 0 saturated carbocycles. The maximum Gasteiger partial charge on any atom is 0.227 e. The number of benzene rings is 2. The standard InChI is InChI=1S/C30H35FN2O4/c1-30(2,3)24-9-5-23(6-10-24)20-37-28-21-36-26(18-27(28)34)19-32-13-4-14-33(16-15-32)29(35)17-22-7-11-25(31)12-8-22/h5-12,18,21H,4,13-17,19-20H2,1-3H3. The molecule has 1 amide bonds. The number of rotatable bonds is 7. The summed E-state index contributed by atoms with van der Waals surface area (Å²) in [5, 5.41) is 0. The quantitative estimate of drug-likeness (QED) is 0.455. The van der Waals surface area contributed by atoms with E-state index in [0.29, 0.717) is 38.5 Å². The minimum Gasteiger partial charge on any atom is -0.482 e. The van der Waals surface area contributed by atoms with Gasteiger partial charge in [0.1, 0.15) is 24.4 Å². The van der Waals surface area contributed by atoms with E-state index in [0.717, 1.165) is 24.1 Å². The highest BCUT2D eigenvalue weighted by atomic mass is 19.1. The van der Waals surface area contributed by atoms with Crippen molar-refractivity contribution in [1.82, 2.24) is 9.80 Å². The average molecular weight is 507 g/mol. The number of carbonyl (C=O) groups excluding carboxylic acids is 1. The molecule has 1 aromatic heterocycles. The van der Waals surface area contributed by atoms with E-state index in [4.69, 9.17) is 9.15 Å². The van der Waals surface area contributed by atoms with E-state index in [2.05, 4.69) is 37.8 Å². The Labute approximate surface area is 217 Å². The summed E-state index contributed by atoms with van der Waals surface area (Å²) in [5.74, 6) is 0.489. The number of carbonyl (C=O) groups is 1. The molecule has 196 valence electrons. The van der Waals surface area contributed by atoms with E-state index in [9.17, 15) is 14.0 Å². The Balaban J connectivity index is 1.28. The highest BCUT2D eigenvalue weighted by Crippen LogP contribution is 2.22. The molecule has 4 rings (SSSR count). The lowest BCUT2D eigenvalue weighted by Crippen LogP contribution is -2.36. The lowest BCUT2D eigenvalue weighted by Gasteiger charge is -2.22. The first-order valence-electron chi connectivity index (χ1n) is 12.8. The van der Waals surface area contributed by atoms with Gasteiger partial charge in [-0.1, -0.05) is 57.2 Å². The zero-order chi connectivity index (χ0) is 26.4. The molecular formula is C30H35FN2O4.